The third-order valence-corrected chi connectivity index (χ3v) is 1.16. The molecule has 0 rings (SSSR count). The van der Waals surface area contributed by atoms with Gasteiger partial charge in [-0.25, -0.2) is 0 Å². The Hall–Kier alpha value is -0.410. The standard InChI is InChI=1S/C6H14N2O/c1-2-3-6(9)5(8)4-7/h5H,2-4,7-8H2,1H3. The van der Waals surface area contributed by atoms with E-state index in [1.54, 1.807) is 0 Å². The number of rotatable bonds is 4. The van der Waals surface area contributed by atoms with Crippen LogP contribution < -0.4 is 11.5 Å². The van der Waals surface area contributed by atoms with Crippen molar-refractivity contribution in [2.24, 2.45) is 11.5 Å². The van der Waals surface area contributed by atoms with Crippen LogP contribution in [0.3, 0.4) is 0 Å². The predicted octanol–water partition coefficient (Wildman–Crippen LogP) is -0.358. The van der Waals surface area contributed by atoms with E-state index in [0.717, 1.165) is 6.42 Å². The molecule has 1 unspecified atom stereocenters. The lowest BCUT2D eigenvalue weighted by molar-refractivity contribution is -0.120. The molecule has 1 atom stereocenters. The Morgan fingerprint density at radius 2 is 2.22 bits per heavy atom. The third kappa shape index (κ3) is 3.21. The van der Waals surface area contributed by atoms with E-state index in [0.29, 0.717) is 6.42 Å². The topological polar surface area (TPSA) is 69.1 Å². The van der Waals surface area contributed by atoms with Gasteiger partial charge in [0.2, 0.25) is 0 Å². The summed E-state index contributed by atoms with van der Waals surface area (Å²) in [5.41, 5.74) is 10.5. The van der Waals surface area contributed by atoms with Gasteiger partial charge in [-0.3, -0.25) is 4.79 Å². The van der Waals surface area contributed by atoms with Crippen molar-refractivity contribution < 1.29 is 4.79 Å². The van der Waals surface area contributed by atoms with Crippen molar-refractivity contribution in [3.8, 4) is 0 Å². The van der Waals surface area contributed by atoms with Crippen LogP contribution in [-0.2, 0) is 4.79 Å². The monoisotopic (exact) mass is 130 g/mol. The molecule has 0 aromatic heterocycles. The molecule has 0 amide bonds. The Kier molecular flexibility index (Phi) is 4.26. The van der Waals surface area contributed by atoms with Crippen LogP contribution in [-0.4, -0.2) is 18.4 Å². The van der Waals surface area contributed by atoms with Crippen molar-refractivity contribution in [3.63, 3.8) is 0 Å². The van der Waals surface area contributed by atoms with Gasteiger partial charge in [-0.2, -0.15) is 0 Å². The highest BCUT2D eigenvalue weighted by atomic mass is 16.1. The van der Waals surface area contributed by atoms with Gasteiger partial charge in [0, 0.05) is 13.0 Å². The lowest BCUT2D eigenvalue weighted by atomic mass is 10.1. The summed E-state index contributed by atoms with van der Waals surface area (Å²) in [6.45, 7) is 2.21. The van der Waals surface area contributed by atoms with E-state index in [-0.39, 0.29) is 12.3 Å². The zero-order chi connectivity index (χ0) is 7.28. The first-order chi connectivity index (χ1) is 4.22. The number of carbonyl (C=O) groups excluding carboxylic acids is 1. The second-order valence-electron chi connectivity index (χ2n) is 2.06. The molecule has 0 heterocycles. The predicted molar refractivity (Wildman–Crippen MR) is 36.9 cm³/mol. The second kappa shape index (κ2) is 4.47. The summed E-state index contributed by atoms with van der Waals surface area (Å²) >= 11 is 0. The molecule has 0 aliphatic rings. The highest BCUT2D eigenvalue weighted by Crippen LogP contribution is 1.90. The molecular weight excluding hydrogens is 116 g/mol. The minimum atomic E-state index is -0.440. The zero-order valence-electron chi connectivity index (χ0n) is 5.76. The van der Waals surface area contributed by atoms with E-state index in [1.807, 2.05) is 6.92 Å². The van der Waals surface area contributed by atoms with Crippen molar-refractivity contribution in [2.75, 3.05) is 6.54 Å². The molecule has 0 fully saturated rings. The summed E-state index contributed by atoms with van der Waals surface area (Å²) in [5.74, 6) is 0.0694. The minimum Gasteiger partial charge on any atom is -0.328 e. The average molecular weight is 130 g/mol. The normalized spacial score (nSPS) is 13.2. The SMILES string of the molecule is CCCC(=O)C(N)CN. The Morgan fingerprint density at radius 1 is 1.67 bits per heavy atom. The second-order valence-corrected chi connectivity index (χ2v) is 2.06. The molecule has 54 valence electrons. The van der Waals surface area contributed by atoms with Gasteiger partial charge in [0.1, 0.15) is 0 Å². The molecule has 0 aliphatic heterocycles. The summed E-state index contributed by atoms with van der Waals surface area (Å²) in [6, 6.07) is -0.440. The first kappa shape index (κ1) is 8.59. The number of ketones is 1. The van der Waals surface area contributed by atoms with Crippen LogP contribution in [0, 0.1) is 0 Å². The van der Waals surface area contributed by atoms with E-state index in [9.17, 15) is 4.79 Å². The summed E-state index contributed by atoms with van der Waals surface area (Å²) in [5, 5.41) is 0. The molecule has 9 heavy (non-hydrogen) atoms. The first-order valence-corrected chi connectivity index (χ1v) is 3.20. The number of hydrogen-bond acceptors (Lipinski definition) is 3. The molecule has 3 heteroatoms. The zero-order valence-corrected chi connectivity index (χ0v) is 5.76. The summed E-state index contributed by atoms with van der Waals surface area (Å²) < 4.78 is 0. The molecule has 0 radical (unpaired) electrons. The fourth-order valence-electron chi connectivity index (χ4n) is 0.563. The minimum absolute atomic E-state index is 0.0694. The van der Waals surface area contributed by atoms with E-state index in [2.05, 4.69) is 0 Å². The summed E-state index contributed by atoms with van der Waals surface area (Å²) in [4.78, 5) is 10.8. The van der Waals surface area contributed by atoms with Gasteiger partial charge in [-0.1, -0.05) is 6.92 Å². The Labute approximate surface area is 55.4 Å². The Morgan fingerprint density at radius 3 is 2.56 bits per heavy atom. The summed E-state index contributed by atoms with van der Waals surface area (Å²) in [7, 11) is 0. The number of nitrogens with two attached hydrogens (primary N) is 2. The van der Waals surface area contributed by atoms with Gasteiger partial charge in [0.15, 0.2) is 5.78 Å². The van der Waals surface area contributed by atoms with E-state index >= 15 is 0 Å². The maximum absolute atomic E-state index is 10.8. The van der Waals surface area contributed by atoms with Gasteiger partial charge < -0.3 is 11.5 Å². The van der Waals surface area contributed by atoms with E-state index < -0.39 is 6.04 Å². The van der Waals surface area contributed by atoms with Crippen molar-refractivity contribution in [2.45, 2.75) is 25.8 Å². The lowest BCUT2D eigenvalue weighted by Gasteiger charge is -2.04. The fraction of sp³-hybridized carbons (Fsp3) is 0.833. The summed E-state index contributed by atoms with van der Waals surface area (Å²) in [6.07, 6.45) is 1.41. The van der Waals surface area contributed by atoms with Crippen molar-refractivity contribution >= 4 is 5.78 Å². The van der Waals surface area contributed by atoms with Gasteiger partial charge in [-0.15, -0.1) is 0 Å². The first-order valence-electron chi connectivity index (χ1n) is 3.20. The van der Waals surface area contributed by atoms with E-state index in [1.165, 1.54) is 0 Å². The van der Waals surface area contributed by atoms with E-state index in [4.69, 9.17) is 11.5 Å². The third-order valence-electron chi connectivity index (χ3n) is 1.16. The van der Waals surface area contributed by atoms with Crippen molar-refractivity contribution in [1.82, 2.24) is 0 Å². The molecule has 4 N–H and O–H groups in total. The fourth-order valence-corrected chi connectivity index (χ4v) is 0.563. The molecule has 0 aliphatic carbocycles. The number of Topliss-reactive ketones (excluding diaryl/α,β-unsaturated/α-hetero) is 1. The van der Waals surface area contributed by atoms with Crippen LogP contribution in [0.1, 0.15) is 19.8 Å². The molecule has 0 saturated carbocycles. The van der Waals surface area contributed by atoms with Crippen LogP contribution in [0.25, 0.3) is 0 Å². The highest BCUT2D eigenvalue weighted by Gasteiger charge is 2.08. The quantitative estimate of drug-likeness (QED) is 0.546. The molecule has 0 bridgehead atoms. The number of carbonyl (C=O) groups is 1. The maximum atomic E-state index is 10.8. The smallest absolute Gasteiger partial charge is 0.150 e. The van der Waals surface area contributed by atoms with Crippen LogP contribution >= 0.6 is 0 Å². The Bertz CT molecular complexity index is 93.1. The van der Waals surface area contributed by atoms with Crippen LogP contribution in [0.15, 0.2) is 0 Å². The molecule has 0 aromatic rings. The Balaban J connectivity index is 3.46. The van der Waals surface area contributed by atoms with Crippen LogP contribution in [0.4, 0.5) is 0 Å². The van der Waals surface area contributed by atoms with Gasteiger partial charge in [0.05, 0.1) is 6.04 Å². The number of hydrogen-bond donors (Lipinski definition) is 2. The highest BCUT2D eigenvalue weighted by molar-refractivity contribution is 5.83. The molecule has 0 aromatic carbocycles. The van der Waals surface area contributed by atoms with Crippen LogP contribution in [0.2, 0.25) is 0 Å². The molecule has 0 spiro atoms. The van der Waals surface area contributed by atoms with Crippen molar-refractivity contribution in [3.05, 3.63) is 0 Å². The van der Waals surface area contributed by atoms with Crippen molar-refractivity contribution in [1.29, 1.82) is 0 Å². The lowest BCUT2D eigenvalue weighted by Crippen LogP contribution is -2.37. The van der Waals surface area contributed by atoms with Crippen LogP contribution in [0.5, 0.6) is 0 Å². The largest absolute Gasteiger partial charge is 0.328 e. The van der Waals surface area contributed by atoms with Gasteiger partial charge >= 0.3 is 0 Å². The average Bonchev–Trinajstić information content (AvgIpc) is 1.87. The van der Waals surface area contributed by atoms with Gasteiger partial charge in [0.25, 0.3) is 0 Å². The van der Waals surface area contributed by atoms with Gasteiger partial charge in [-0.05, 0) is 6.42 Å². The molecular formula is C6H14N2O. The molecule has 0 saturated heterocycles. The maximum Gasteiger partial charge on any atom is 0.150 e. The molecule has 3 nitrogen and oxygen atoms in total.